The lowest BCUT2D eigenvalue weighted by Crippen LogP contribution is -2.35. The maximum absolute atomic E-state index is 9.08. The molecule has 1 atom stereocenters. The van der Waals surface area contributed by atoms with Gasteiger partial charge in [-0.05, 0) is 25.7 Å². The van der Waals surface area contributed by atoms with Gasteiger partial charge in [-0.15, -0.1) is 5.10 Å². The average molecular weight is 238 g/mol. The van der Waals surface area contributed by atoms with Gasteiger partial charge in [0, 0.05) is 12.6 Å². The summed E-state index contributed by atoms with van der Waals surface area (Å²) in [5.41, 5.74) is 1.74. The van der Waals surface area contributed by atoms with Gasteiger partial charge < -0.3 is 10.4 Å². The van der Waals surface area contributed by atoms with Crippen LogP contribution < -0.4 is 5.32 Å². The molecule has 1 heterocycles. The molecule has 5 heteroatoms. The number of nitrogens with zero attached hydrogens (tertiary/aromatic N) is 3. The highest BCUT2D eigenvalue weighted by molar-refractivity contribution is 5.27. The Bertz CT molecular complexity index is 373. The summed E-state index contributed by atoms with van der Waals surface area (Å²) in [5.74, 6) is 0.529. The highest BCUT2D eigenvalue weighted by Crippen LogP contribution is 2.24. The molecule has 0 amide bonds. The molecule has 0 fully saturated rings. The lowest BCUT2D eigenvalue weighted by molar-refractivity contribution is 0.234. The van der Waals surface area contributed by atoms with Crippen molar-refractivity contribution >= 4 is 5.95 Å². The minimum Gasteiger partial charge on any atom is -0.396 e. The lowest BCUT2D eigenvalue weighted by Gasteiger charge is -2.31. The molecule has 1 aromatic heterocycles. The largest absolute Gasteiger partial charge is 0.396 e. The van der Waals surface area contributed by atoms with Crippen LogP contribution in [0.25, 0.3) is 0 Å². The zero-order valence-corrected chi connectivity index (χ0v) is 11.3. The van der Waals surface area contributed by atoms with Crippen LogP contribution in [0.1, 0.15) is 38.6 Å². The van der Waals surface area contributed by atoms with Gasteiger partial charge in [-0.1, -0.05) is 20.8 Å². The number of anilines is 1. The second-order valence-corrected chi connectivity index (χ2v) is 5.38. The fourth-order valence-electron chi connectivity index (χ4n) is 1.52. The molecule has 0 radical (unpaired) electrons. The van der Waals surface area contributed by atoms with Gasteiger partial charge >= 0.3 is 0 Å². The highest BCUT2D eigenvalue weighted by Gasteiger charge is 2.24. The molecule has 0 aliphatic heterocycles. The first kappa shape index (κ1) is 13.8. The molecule has 0 spiro atoms. The number of aromatic nitrogens is 3. The Kier molecular flexibility index (Phi) is 4.40. The topological polar surface area (TPSA) is 70.9 Å². The summed E-state index contributed by atoms with van der Waals surface area (Å²) in [4.78, 5) is 4.34. The van der Waals surface area contributed by atoms with Crippen LogP contribution in [0.3, 0.4) is 0 Å². The molecule has 1 rings (SSSR count). The van der Waals surface area contributed by atoms with Crippen molar-refractivity contribution in [2.75, 3.05) is 11.9 Å². The quantitative estimate of drug-likeness (QED) is 0.835. The van der Waals surface area contributed by atoms with E-state index in [4.69, 9.17) is 5.11 Å². The van der Waals surface area contributed by atoms with E-state index < -0.39 is 0 Å². The molecule has 2 N–H and O–H groups in total. The van der Waals surface area contributed by atoms with Crippen LogP contribution in [0.2, 0.25) is 0 Å². The van der Waals surface area contributed by atoms with E-state index in [9.17, 15) is 0 Å². The Morgan fingerprint density at radius 1 is 1.18 bits per heavy atom. The Morgan fingerprint density at radius 2 is 1.82 bits per heavy atom. The molecular formula is C12H22N4O. The molecule has 0 saturated heterocycles. The minimum absolute atomic E-state index is 0.0326. The van der Waals surface area contributed by atoms with Gasteiger partial charge in [0.05, 0.1) is 11.4 Å². The number of aliphatic hydroxyl groups is 1. The second-order valence-electron chi connectivity index (χ2n) is 5.38. The molecule has 0 aliphatic rings. The first-order valence-electron chi connectivity index (χ1n) is 5.90. The fraction of sp³-hybridized carbons (Fsp3) is 0.750. The van der Waals surface area contributed by atoms with Crippen molar-refractivity contribution in [1.82, 2.24) is 15.2 Å². The van der Waals surface area contributed by atoms with Crippen LogP contribution in [-0.2, 0) is 0 Å². The van der Waals surface area contributed by atoms with E-state index in [0.717, 1.165) is 11.4 Å². The molecule has 0 bridgehead atoms. The third kappa shape index (κ3) is 3.93. The van der Waals surface area contributed by atoms with Gasteiger partial charge in [-0.2, -0.15) is 5.10 Å². The van der Waals surface area contributed by atoms with Crippen LogP contribution >= 0.6 is 0 Å². The molecule has 96 valence electrons. The van der Waals surface area contributed by atoms with Gasteiger partial charge in [0.15, 0.2) is 0 Å². The molecule has 1 unspecified atom stereocenters. The third-order valence-electron chi connectivity index (χ3n) is 2.86. The van der Waals surface area contributed by atoms with E-state index in [1.807, 2.05) is 13.8 Å². The molecule has 1 aromatic rings. The number of aryl methyl sites for hydroxylation is 2. The summed E-state index contributed by atoms with van der Waals surface area (Å²) in [5, 5.41) is 20.4. The molecule has 0 saturated carbocycles. The highest BCUT2D eigenvalue weighted by atomic mass is 16.3. The normalized spacial score (nSPS) is 13.5. The van der Waals surface area contributed by atoms with E-state index >= 15 is 0 Å². The van der Waals surface area contributed by atoms with Crippen molar-refractivity contribution in [1.29, 1.82) is 0 Å². The van der Waals surface area contributed by atoms with Crippen LogP contribution in [-0.4, -0.2) is 32.9 Å². The number of aliphatic hydroxyl groups excluding tert-OH is 1. The minimum atomic E-state index is 0.0326. The maximum Gasteiger partial charge on any atom is 0.243 e. The summed E-state index contributed by atoms with van der Waals surface area (Å²) < 4.78 is 0. The summed E-state index contributed by atoms with van der Waals surface area (Å²) in [6, 6.07) is 0.122. The van der Waals surface area contributed by atoms with Gasteiger partial charge in [0.1, 0.15) is 0 Å². The Hall–Kier alpha value is -1.23. The van der Waals surface area contributed by atoms with Gasteiger partial charge in [0.25, 0.3) is 0 Å². The van der Waals surface area contributed by atoms with Crippen LogP contribution in [0.4, 0.5) is 5.95 Å². The van der Waals surface area contributed by atoms with Crippen LogP contribution in [0, 0.1) is 19.3 Å². The first-order valence-corrected chi connectivity index (χ1v) is 5.90. The molecule has 5 nitrogen and oxygen atoms in total. The number of rotatable bonds is 4. The summed E-state index contributed by atoms with van der Waals surface area (Å²) >= 11 is 0. The molecule has 0 aliphatic carbocycles. The predicted molar refractivity (Wildman–Crippen MR) is 67.9 cm³/mol. The Labute approximate surface area is 103 Å². The first-order chi connectivity index (χ1) is 7.84. The van der Waals surface area contributed by atoms with E-state index in [1.165, 1.54) is 0 Å². The third-order valence-corrected chi connectivity index (χ3v) is 2.86. The molecule has 0 aromatic carbocycles. The smallest absolute Gasteiger partial charge is 0.243 e. The second kappa shape index (κ2) is 5.40. The summed E-state index contributed by atoms with van der Waals surface area (Å²) in [6.07, 6.45) is 0.666. The molecule has 17 heavy (non-hydrogen) atoms. The maximum atomic E-state index is 9.08. The monoisotopic (exact) mass is 238 g/mol. The number of hydrogen-bond donors (Lipinski definition) is 2. The van der Waals surface area contributed by atoms with E-state index in [2.05, 4.69) is 41.3 Å². The molecular weight excluding hydrogens is 216 g/mol. The van der Waals surface area contributed by atoms with Crippen molar-refractivity contribution in [3.8, 4) is 0 Å². The predicted octanol–water partition coefficient (Wildman–Crippen LogP) is 1.70. The lowest BCUT2D eigenvalue weighted by atomic mass is 9.85. The zero-order chi connectivity index (χ0) is 13.1. The summed E-state index contributed by atoms with van der Waals surface area (Å²) in [7, 11) is 0. The summed E-state index contributed by atoms with van der Waals surface area (Å²) in [6.45, 7) is 10.3. The zero-order valence-electron chi connectivity index (χ0n) is 11.3. The van der Waals surface area contributed by atoms with Crippen molar-refractivity contribution in [2.24, 2.45) is 5.41 Å². The van der Waals surface area contributed by atoms with E-state index in [1.54, 1.807) is 0 Å². The van der Waals surface area contributed by atoms with Crippen molar-refractivity contribution in [3.05, 3.63) is 11.4 Å². The van der Waals surface area contributed by atoms with E-state index in [-0.39, 0.29) is 18.1 Å². The van der Waals surface area contributed by atoms with Gasteiger partial charge in [0.2, 0.25) is 5.95 Å². The van der Waals surface area contributed by atoms with Crippen molar-refractivity contribution in [2.45, 2.75) is 47.1 Å². The van der Waals surface area contributed by atoms with Crippen molar-refractivity contribution < 1.29 is 5.11 Å². The van der Waals surface area contributed by atoms with Crippen LogP contribution in [0.15, 0.2) is 0 Å². The Morgan fingerprint density at radius 3 is 2.29 bits per heavy atom. The average Bonchev–Trinajstić information content (AvgIpc) is 2.21. The van der Waals surface area contributed by atoms with Crippen molar-refractivity contribution in [3.63, 3.8) is 0 Å². The number of nitrogens with one attached hydrogen (secondary N) is 1. The standard InChI is InChI=1S/C12H22N4O/c1-8-9(2)15-16-11(13-8)14-10(6-7-17)12(3,4)5/h10,17H,6-7H2,1-5H3,(H,13,14,16). The SMILES string of the molecule is Cc1nnc(NC(CCO)C(C)(C)C)nc1C. The Balaban J connectivity index is 2.82. The van der Waals surface area contributed by atoms with Gasteiger partial charge in [-0.25, -0.2) is 4.98 Å². The van der Waals surface area contributed by atoms with Crippen LogP contribution in [0.5, 0.6) is 0 Å². The fourth-order valence-corrected chi connectivity index (χ4v) is 1.52. The van der Waals surface area contributed by atoms with Gasteiger partial charge in [-0.3, -0.25) is 0 Å². The number of hydrogen-bond acceptors (Lipinski definition) is 5. The van der Waals surface area contributed by atoms with E-state index in [0.29, 0.717) is 12.4 Å².